The molecule has 0 aliphatic carbocycles. The van der Waals surface area contributed by atoms with E-state index in [0.717, 1.165) is 12.1 Å². The molecule has 4 nitrogen and oxygen atoms in total. The molecule has 0 amide bonds. The molecule has 0 fully saturated rings. The monoisotopic (exact) mass is 1030 g/mol. The molecule has 19 heteroatoms. The lowest BCUT2D eigenvalue weighted by Crippen LogP contribution is -2.12. The van der Waals surface area contributed by atoms with Gasteiger partial charge >= 0.3 is 30.9 Å². The molecule has 370 valence electrons. The molecule has 10 aromatic rings. The van der Waals surface area contributed by atoms with Crippen molar-refractivity contribution < 1.29 is 65.9 Å². The van der Waals surface area contributed by atoms with Gasteiger partial charge in [-0.15, -0.1) is 0 Å². The minimum atomic E-state index is -5.23. The lowest BCUT2D eigenvalue weighted by Gasteiger charge is -2.20. The smallest absolute Gasteiger partial charge is 0.309 e. The number of fused-ring (bicyclic) bond motifs is 6. The van der Waals surface area contributed by atoms with Crippen molar-refractivity contribution in [1.29, 1.82) is 10.5 Å². The predicted molar refractivity (Wildman–Crippen MR) is 246 cm³/mol. The fourth-order valence-electron chi connectivity index (χ4n) is 9.51. The number of hydrogen-bond acceptors (Lipinski definition) is 2. The Morgan fingerprint density at radius 3 is 1.12 bits per heavy atom. The predicted octanol–water partition coefficient (Wildman–Crippen LogP) is 17.7. The van der Waals surface area contributed by atoms with Crippen molar-refractivity contribution in [2.24, 2.45) is 0 Å². The summed E-state index contributed by atoms with van der Waals surface area (Å²) in [4.78, 5) is 0. The Morgan fingerprint density at radius 1 is 0.311 bits per heavy atom. The first kappa shape index (κ1) is 48.9. The first-order valence-corrected chi connectivity index (χ1v) is 21.6. The Kier molecular flexibility index (Phi) is 11.2. The van der Waals surface area contributed by atoms with Crippen molar-refractivity contribution >= 4 is 43.6 Å². The van der Waals surface area contributed by atoms with Crippen LogP contribution < -0.4 is 0 Å². The van der Waals surface area contributed by atoms with Crippen molar-refractivity contribution in [3.8, 4) is 56.9 Å². The van der Waals surface area contributed by atoms with Gasteiger partial charge in [0.25, 0.3) is 0 Å². The largest absolute Gasteiger partial charge is 0.417 e. The topological polar surface area (TPSA) is 57.4 Å². The first-order chi connectivity index (χ1) is 34.8. The molecule has 2 aromatic heterocycles. The number of hydrogen-bond donors (Lipinski definition) is 0. The summed E-state index contributed by atoms with van der Waals surface area (Å²) in [6, 6.07) is 32.4. The first-order valence-electron chi connectivity index (χ1n) is 21.6. The fraction of sp³-hybridized carbons (Fsp3) is 0.0909. The van der Waals surface area contributed by atoms with Crippen LogP contribution in [0.25, 0.3) is 88.4 Å². The second-order valence-corrected chi connectivity index (χ2v) is 17.0. The third kappa shape index (κ3) is 8.27. The molecule has 0 radical (unpaired) electrons. The highest BCUT2D eigenvalue weighted by Crippen LogP contribution is 2.47. The maximum absolute atomic E-state index is 14.5. The van der Waals surface area contributed by atoms with Crippen LogP contribution in [0.5, 0.6) is 0 Å². The molecule has 10 rings (SSSR count). The summed E-state index contributed by atoms with van der Waals surface area (Å²) < 4.78 is 214. The van der Waals surface area contributed by atoms with Crippen molar-refractivity contribution in [1.82, 2.24) is 9.13 Å². The molecule has 8 aromatic carbocycles. The summed E-state index contributed by atoms with van der Waals surface area (Å²) in [7, 11) is 0. The summed E-state index contributed by atoms with van der Waals surface area (Å²) in [5.41, 5.74) is -8.14. The number of alkyl halides is 15. The van der Waals surface area contributed by atoms with E-state index in [2.05, 4.69) is 6.07 Å². The summed E-state index contributed by atoms with van der Waals surface area (Å²) in [6.45, 7) is 0. The number of aromatic nitrogens is 2. The van der Waals surface area contributed by atoms with Gasteiger partial charge in [-0.2, -0.15) is 76.4 Å². The fourth-order valence-corrected chi connectivity index (χ4v) is 9.51. The van der Waals surface area contributed by atoms with Gasteiger partial charge in [-0.05, 0) is 107 Å². The summed E-state index contributed by atoms with van der Waals surface area (Å²) in [6.07, 6.45) is -25.6. The van der Waals surface area contributed by atoms with Crippen LogP contribution in [0, 0.1) is 22.7 Å². The van der Waals surface area contributed by atoms with Gasteiger partial charge in [0.2, 0.25) is 0 Å². The number of benzene rings is 8. The highest BCUT2D eigenvalue weighted by Gasteiger charge is 2.40. The average molecular weight is 1030 g/mol. The lowest BCUT2D eigenvalue weighted by atomic mass is 9.94. The molecule has 0 atom stereocenters. The summed E-state index contributed by atoms with van der Waals surface area (Å²) in [5, 5.41) is 22.8. The molecule has 0 N–H and O–H groups in total. The van der Waals surface area contributed by atoms with Gasteiger partial charge in [0, 0.05) is 32.7 Å². The molecule has 0 saturated carbocycles. The van der Waals surface area contributed by atoms with Crippen molar-refractivity contribution in [3.63, 3.8) is 0 Å². The zero-order chi connectivity index (χ0) is 53.0. The minimum Gasteiger partial charge on any atom is -0.309 e. The number of halogens is 15. The maximum Gasteiger partial charge on any atom is 0.417 e. The van der Waals surface area contributed by atoms with E-state index >= 15 is 0 Å². The normalized spacial score (nSPS) is 12.8. The molecular weight excluding hydrogens is 1000 g/mol. The SMILES string of the molecule is N#Cc1cc(C(F)(F)F)ccc1-c1cc(-n2c3ccccc3c3cc(-c4ccc(C(F)(F)F)cc4C(F)(F)F)ccc32)c(C#N)cc1-n1c2ccccc2c2cc(-c3ccc(C(F)(F)F)cc3C(F)(F)F)ccc21. The summed E-state index contributed by atoms with van der Waals surface area (Å²) in [5.74, 6) is 0. The molecular formula is C55H25F15N4. The van der Waals surface area contributed by atoms with Crippen LogP contribution in [0.1, 0.15) is 38.9 Å². The van der Waals surface area contributed by atoms with Crippen molar-refractivity contribution in [3.05, 3.63) is 191 Å². The van der Waals surface area contributed by atoms with Crippen LogP contribution in [-0.4, -0.2) is 9.13 Å². The maximum atomic E-state index is 14.5. The van der Waals surface area contributed by atoms with Gasteiger partial charge in [-0.25, -0.2) is 0 Å². The van der Waals surface area contributed by atoms with Crippen LogP contribution in [0.15, 0.2) is 152 Å². The Balaban J connectivity index is 1.25. The minimum absolute atomic E-state index is 0.00989. The van der Waals surface area contributed by atoms with Gasteiger partial charge in [0.1, 0.15) is 6.07 Å². The van der Waals surface area contributed by atoms with Crippen molar-refractivity contribution in [2.45, 2.75) is 30.9 Å². The highest BCUT2D eigenvalue weighted by molar-refractivity contribution is 6.12. The molecule has 2 heterocycles. The van der Waals surface area contributed by atoms with Crippen LogP contribution >= 0.6 is 0 Å². The number of para-hydroxylation sites is 2. The van der Waals surface area contributed by atoms with Gasteiger partial charge in [-0.3, -0.25) is 0 Å². The third-order valence-electron chi connectivity index (χ3n) is 12.7. The number of rotatable bonds is 5. The van der Waals surface area contributed by atoms with Gasteiger partial charge in [0.05, 0.1) is 78.5 Å². The van der Waals surface area contributed by atoms with Gasteiger partial charge < -0.3 is 9.13 Å². The Labute approximate surface area is 406 Å². The third-order valence-corrected chi connectivity index (χ3v) is 12.7. The molecule has 0 aliphatic rings. The van der Waals surface area contributed by atoms with Gasteiger partial charge in [0.15, 0.2) is 0 Å². The van der Waals surface area contributed by atoms with E-state index < -0.39 is 75.4 Å². The van der Waals surface area contributed by atoms with Crippen LogP contribution in [-0.2, 0) is 30.9 Å². The molecule has 0 saturated heterocycles. The lowest BCUT2D eigenvalue weighted by molar-refractivity contribution is -0.144. The van der Waals surface area contributed by atoms with E-state index in [1.807, 2.05) is 6.07 Å². The molecule has 0 aliphatic heterocycles. The molecule has 0 spiro atoms. The van der Waals surface area contributed by atoms with E-state index in [1.54, 1.807) is 57.7 Å². The number of nitriles is 2. The zero-order valence-corrected chi connectivity index (χ0v) is 36.9. The highest BCUT2D eigenvalue weighted by atomic mass is 19.4. The molecule has 0 bridgehead atoms. The number of nitrogens with zero attached hydrogens (tertiary/aromatic N) is 4. The Morgan fingerprint density at radius 2 is 0.703 bits per heavy atom. The Hall–Kier alpha value is -8.71. The van der Waals surface area contributed by atoms with Crippen LogP contribution in [0.3, 0.4) is 0 Å². The Bertz CT molecular complexity index is 4040. The van der Waals surface area contributed by atoms with Crippen LogP contribution in [0.4, 0.5) is 65.9 Å². The van der Waals surface area contributed by atoms with Crippen molar-refractivity contribution in [2.75, 3.05) is 0 Å². The second-order valence-electron chi connectivity index (χ2n) is 17.0. The van der Waals surface area contributed by atoms with Gasteiger partial charge in [-0.1, -0.05) is 66.7 Å². The van der Waals surface area contributed by atoms with E-state index in [9.17, 15) is 76.4 Å². The second kappa shape index (κ2) is 16.9. The standard InChI is InChI=1S/C55H25F15N4/c56-51(57,58)32-11-14-35(30(19-32)26-71)42-25-49(73-45-7-3-1-5-38(45)40-20-28(9-17-47(40)73)36-15-12-33(52(59,60)61)23-43(36)54(65,66)67)31(27-72)22-50(42)74-46-8-4-2-6-39(46)41-21-29(10-18-48(41)74)37-16-13-34(53(62,63)64)24-44(37)55(68,69)70/h1-25H. The summed E-state index contributed by atoms with van der Waals surface area (Å²) >= 11 is 0. The van der Waals surface area contributed by atoms with E-state index in [4.69, 9.17) is 0 Å². The molecule has 74 heavy (non-hydrogen) atoms. The average Bonchev–Trinajstić information content (AvgIpc) is 3.86. The quantitative estimate of drug-likeness (QED) is 0.161. The van der Waals surface area contributed by atoms with E-state index in [1.165, 1.54) is 48.5 Å². The molecule has 0 unspecified atom stereocenters. The van der Waals surface area contributed by atoms with E-state index in [-0.39, 0.29) is 73.1 Å². The van der Waals surface area contributed by atoms with Crippen LogP contribution in [0.2, 0.25) is 0 Å². The van der Waals surface area contributed by atoms with E-state index in [0.29, 0.717) is 52.1 Å². The zero-order valence-electron chi connectivity index (χ0n) is 36.9.